The molecule has 0 bridgehead atoms. The number of nitrogens with zero attached hydrogens (tertiary/aromatic N) is 1. The first-order chi connectivity index (χ1) is 18.7. The van der Waals surface area contributed by atoms with Gasteiger partial charge in [0.25, 0.3) is 0 Å². The third-order valence-electron chi connectivity index (χ3n) is 7.96. The number of fused-ring (bicyclic) bond motifs is 5. The van der Waals surface area contributed by atoms with E-state index >= 15 is 0 Å². The van der Waals surface area contributed by atoms with Crippen LogP contribution in [-0.4, -0.2) is 28.7 Å². The Kier molecular flexibility index (Phi) is 5.57. The number of para-hydroxylation sites is 1. The number of halogens is 4. The van der Waals surface area contributed by atoms with Crippen LogP contribution in [0.3, 0.4) is 0 Å². The van der Waals surface area contributed by atoms with Crippen LogP contribution in [0.15, 0.2) is 60.8 Å². The van der Waals surface area contributed by atoms with E-state index < -0.39 is 41.1 Å². The predicted molar refractivity (Wildman–Crippen MR) is 152 cm³/mol. The summed E-state index contributed by atoms with van der Waals surface area (Å²) in [5, 5.41) is 8.36. The molecule has 3 amide bonds. The molecule has 1 aromatic heterocycles. The molecule has 0 saturated carbocycles. The Hall–Kier alpha value is -3.07. The summed E-state index contributed by atoms with van der Waals surface area (Å²) in [6, 6.07) is 14.9. The zero-order chi connectivity index (χ0) is 27.2. The monoisotopic (exact) mass is 598 g/mol. The molecule has 4 aromatic rings. The highest BCUT2D eigenvalue weighted by molar-refractivity contribution is 6.38. The van der Waals surface area contributed by atoms with Crippen molar-refractivity contribution in [3.05, 3.63) is 92.0 Å². The normalized spacial score (nSPS) is 25.6. The highest BCUT2D eigenvalue weighted by Crippen LogP contribution is 2.55. The molecule has 39 heavy (non-hydrogen) atoms. The Labute approximate surface area is 242 Å². The maximum absolute atomic E-state index is 14.2. The Balaban J connectivity index is 1.41. The van der Waals surface area contributed by atoms with E-state index in [4.69, 9.17) is 46.4 Å². The van der Waals surface area contributed by atoms with Crippen LogP contribution in [-0.2, 0) is 26.3 Å². The number of hydrogen-bond acceptors (Lipinski definition) is 4. The standard InChI is InChI=1S/C28H18Cl4N4O3/c29-13-6-14(30)8-16(7-13)36-25(37)22-21(5-12-11-33-20-4-2-1-3-17(12)20)35-28(23(22)26(36)38)18-9-15(31)10-19(32)24(18)34-27(28)39/h1-4,6-11,21-23,33,35H,5H2,(H,34,39). The van der Waals surface area contributed by atoms with Gasteiger partial charge in [-0.05, 0) is 48.4 Å². The SMILES string of the molecule is O=C1C2C(Cc3c[nH]c4ccccc34)NC3(C(=O)Nc4c(Cl)cc(Cl)cc43)C2C(=O)N1c1cc(Cl)cc(Cl)c1. The fraction of sp³-hybridized carbons (Fsp3) is 0.179. The van der Waals surface area contributed by atoms with Crippen LogP contribution in [0, 0.1) is 11.8 Å². The number of benzene rings is 3. The van der Waals surface area contributed by atoms with Crippen molar-refractivity contribution < 1.29 is 14.4 Å². The minimum Gasteiger partial charge on any atom is -0.361 e. The molecule has 196 valence electrons. The Morgan fingerprint density at radius 2 is 1.59 bits per heavy atom. The van der Waals surface area contributed by atoms with Crippen molar-refractivity contribution in [2.75, 3.05) is 10.2 Å². The van der Waals surface area contributed by atoms with Gasteiger partial charge < -0.3 is 10.3 Å². The average Bonchev–Trinajstić information content (AvgIpc) is 3.58. The lowest BCUT2D eigenvalue weighted by molar-refractivity contribution is -0.130. The van der Waals surface area contributed by atoms with E-state index in [1.54, 1.807) is 6.07 Å². The number of carbonyl (C=O) groups is 3. The molecule has 7 nitrogen and oxygen atoms in total. The summed E-state index contributed by atoms with van der Waals surface area (Å²) in [7, 11) is 0. The molecule has 3 aromatic carbocycles. The summed E-state index contributed by atoms with van der Waals surface area (Å²) in [5.74, 6) is -3.36. The van der Waals surface area contributed by atoms with E-state index in [0.29, 0.717) is 22.7 Å². The third kappa shape index (κ3) is 3.51. The molecule has 3 N–H and O–H groups in total. The zero-order valence-electron chi connectivity index (χ0n) is 19.9. The maximum atomic E-state index is 14.2. The summed E-state index contributed by atoms with van der Waals surface area (Å²) in [4.78, 5) is 46.5. The van der Waals surface area contributed by atoms with Gasteiger partial charge in [-0.15, -0.1) is 0 Å². The Morgan fingerprint density at radius 3 is 2.36 bits per heavy atom. The van der Waals surface area contributed by atoms with Crippen LogP contribution in [0.25, 0.3) is 10.9 Å². The second-order valence-electron chi connectivity index (χ2n) is 10.0. The van der Waals surface area contributed by atoms with E-state index in [9.17, 15) is 14.4 Å². The summed E-state index contributed by atoms with van der Waals surface area (Å²) in [5.41, 5.74) is 1.40. The molecule has 11 heteroatoms. The minimum atomic E-state index is -1.56. The second-order valence-corrected chi connectivity index (χ2v) is 11.7. The summed E-state index contributed by atoms with van der Waals surface area (Å²) in [6.45, 7) is 0. The fourth-order valence-corrected chi connectivity index (χ4v) is 7.52. The van der Waals surface area contributed by atoms with Crippen LogP contribution >= 0.6 is 46.4 Å². The van der Waals surface area contributed by atoms with Crippen molar-refractivity contribution in [3.8, 4) is 0 Å². The first-order valence-corrected chi connectivity index (χ1v) is 13.7. The third-order valence-corrected chi connectivity index (χ3v) is 8.91. The van der Waals surface area contributed by atoms with Gasteiger partial charge in [-0.1, -0.05) is 64.6 Å². The van der Waals surface area contributed by atoms with Gasteiger partial charge in [0.05, 0.1) is 28.2 Å². The molecule has 7 rings (SSSR count). The van der Waals surface area contributed by atoms with Crippen molar-refractivity contribution >= 4 is 86.4 Å². The van der Waals surface area contributed by atoms with E-state index in [0.717, 1.165) is 21.4 Å². The molecule has 3 aliphatic rings. The minimum absolute atomic E-state index is 0.247. The van der Waals surface area contributed by atoms with Crippen LogP contribution in [0.1, 0.15) is 11.1 Å². The van der Waals surface area contributed by atoms with E-state index in [2.05, 4.69) is 15.6 Å². The number of hydrogen-bond donors (Lipinski definition) is 3. The van der Waals surface area contributed by atoms with Gasteiger partial charge in [0.1, 0.15) is 5.54 Å². The number of amides is 3. The number of anilines is 2. The lowest BCUT2D eigenvalue weighted by atomic mass is 9.76. The molecule has 2 saturated heterocycles. The van der Waals surface area contributed by atoms with Gasteiger partial charge in [-0.3, -0.25) is 19.7 Å². The number of aromatic amines is 1. The van der Waals surface area contributed by atoms with Crippen molar-refractivity contribution in [1.29, 1.82) is 0 Å². The maximum Gasteiger partial charge on any atom is 0.250 e. The topological polar surface area (TPSA) is 94.3 Å². The van der Waals surface area contributed by atoms with Gasteiger partial charge in [0, 0.05) is 43.8 Å². The fourth-order valence-electron chi connectivity index (χ4n) is 6.46. The number of H-pyrrole nitrogens is 1. The van der Waals surface area contributed by atoms with Crippen molar-refractivity contribution in [2.24, 2.45) is 11.8 Å². The molecule has 4 heterocycles. The number of nitrogens with one attached hydrogen (secondary N) is 3. The van der Waals surface area contributed by atoms with Crippen molar-refractivity contribution in [3.63, 3.8) is 0 Å². The number of imide groups is 1. The van der Waals surface area contributed by atoms with Gasteiger partial charge >= 0.3 is 0 Å². The number of aromatic nitrogens is 1. The number of rotatable bonds is 3. The smallest absolute Gasteiger partial charge is 0.250 e. The van der Waals surface area contributed by atoms with Crippen LogP contribution in [0.4, 0.5) is 11.4 Å². The first kappa shape index (κ1) is 24.9. The molecule has 0 aliphatic carbocycles. The van der Waals surface area contributed by atoms with Gasteiger partial charge in [0.15, 0.2) is 0 Å². The molecular weight excluding hydrogens is 582 g/mol. The highest BCUT2D eigenvalue weighted by Gasteiger charge is 2.70. The molecule has 1 spiro atoms. The lowest BCUT2D eigenvalue weighted by Gasteiger charge is -2.29. The van der Waals surface area contributed by atoms with Crippen LogP contribution in [0.2, 0.25) is 20.1 Å². The largest absolute Gasteiger partial charge is 0.361 e. The molecular formula is C28H18Cl4N4O3. The Morgan fingerprint density at radius 1 is 0.872 bits per heavy atom. The first-order valence-electron chi connectivity index (χ1n) is 12.2. The summed E-state index contributed by atoms with van der Waals surface area (Å²) < 4.78 is 0. The highest BCUT2D eigenvalue weighted by atomic mass is 35.5. The quantitative estimate of drug-likeness (QED) is 0.254. The lowest BCUT2D eigenvalue weighted by Crippen LogP contribution is -2.53. The molecule has 2 fully saturated rings. The average molecular weight is 600 g/mol. The van der Waals surface area contributed by atoms with Gasteiger partial charge in [-0.2, -0.15) is 0 Å². The van der Waals surface area contributed by atoms with Gasteiger partial charge in [0.2, 0.25) is 17.7 Å². The van der Waals surface area contributed by atoms with E-state index in [1.807, 2.05) is 30.5 Å². The molecule has 3 aliphatic heterocycles. The van der Waals surface area contributed by atoms with E-state index in [-0.39, 0.29) is 20.8 Å². The molecule has 4 unspecified atom stereocenters. The second kappa shape index (κ2) is 8.71. The van der Waals surface area contributed by atoms with E-state index in [1.165, 1.54) is 24.3 Å². The van der Waals surface area contributed by atoms with Crippen molar-refractivity contribution in [2.45, 2.75) is 18.0 Å². The van der Waals surface area contributed by atoms with Crippen LogP contribution < -0.4 is 15.5 Å². The predicted octanol–water partition coefficient (Wildman–Crippen LogP) is 5.95. The summed E-state index contributed by atoms with van der Waals surface area (Å²) in [6.07, 6.45) is 2.27. The van der Waals surface area contributed by atoms with Crippen LogP contribution in [0.5, 0.6) is 0 Å². The molecule has 0 radical (unpaired) electrons. The zero-order valence-corrected chi connectivity index (χ0v) is 22.9. The summed E-state index contributed by atoms with van der Waals surface area (Å²) >= 11 is 25.3. The van der Waals surface area contributed by atoms with Gasteiger partial charge in [-0.25, -0.2) is 4.90 Å². The van der Waals surface area contributed by atoms with Crippen molar-refractivity contribution in [1.82, 2.24) is 10.3 Å². The Bertz CT molecular complexity index is 1730. The molecule has 4 atom stereocenters. The number of carbonyl (C=O) groups excluding carboxylic acids is 3.